The van der Waals surface area contributed by atoms with E-state index in [1.54, 1.807) is 0 Å². The van der Waals surface area contributed by atoms with Crippen molar-refractivity contribution in [3.63, 3.8) is 0 Å². The van der Waals surface area contributed by atoms with Crippen molar-refractivity contribution in [2.24, 2.45) is 17.8 Å². The summed E-state index contributed by atoms with van der Waals surface area (Å²) >= 11 is 0. The first kappa shape index (κ1) is 7.77. The number of hydrogen-bond acceptors (Lipinski definition) is 1. The first-order chi connectivity index (χ1) is 4.74. The Morgan fingerprint density at radius 3 is 2.50 bits per heavy atom. The fourth-order valence-corrected chi connectivity index (χ4v) is 1.89. The molecular formula is C9H16O. The summed E-state index contributed by atoms with van der Waals surface area (Å²) in [5.74, 6) is 1.82. The van der Waals surface area contributed by atoms with Gasteiger partial charge in [0.15, 0.2) is 0 Å². The van der Waals surface area contributed by atoms with Crippen LogP contribution in [0.15, 0.2) is 0 Å². The molecule has 0 radical (unpaired) electrons. The van der Waals surface area contributed by atoms with Crippen LogP contribution in [0.2, 0.25) is 0 Å². The fourth-order valence-electron chi connectivity index (χ4n) is 1.89. The van der Waals surface area contributed by atoms with Gasteiger partial charge in [0.05, 0.1) is 0 Å². The van der Waals surface area contributed by atoms with Gasteiger partial charge in [0, 0.05) is 5.92 Å². The molecule has 1 aliphatic carbocycles. The molecule has 0 N–H and O–H groups in total. The van der Waals surface area contributed by atoms with Crippen LogP contribution in [0.25, 0.3) is 0 Å². The highest BCUT2D eigenvalue weighted by Crippen LogP contribution is 2.31. The van der Waals surface area contributed by atoms with E-state index in [1.807, 2.05) is 0 Å². The molecule has 1 fully saturated rings. The zero-order valence-electron chi connectivity index (χ0n) is 6.84. The van der Waals surface area contributed by atoms with Gasteiger partial charge >= 0.3 is 0 Å². The molecule has 0 amide bonds. The standard InChI is InChI=1S/C9H16O/c1-7-3-4-9(6-10)8(2)5-7/h6-9H,3-5H2,1-2H3. The third-order valence-corrected chi connectivity index (χ3v) is 2.67. The van der Waals surface area contributed by atoms with Crippen LogP contribution in [0.3, 0.4) is 0 Å². The van der Waals surface area contributed by atoms with E-state index in [2.05, 4.69) is 13.8 Å². The van der Waals surface area contributed by atoms with Crippen molar-refractivity contribution >= 4 is 6.29 Å². The second kappa shape index (κ2) is 3.18. The molecule has 1 rings (SSSR count). The Hall–Kier alpha value is -0.330. The third kappa shape index (κ3) is 1.59. The first-order valence-electron chi connectivity index (χ1n) is 4.19. The fraction of sp³-hybridized carbons (Fsp3) is 0.889. The Morgan fingerprint density at radius 1 is 1.30 bits per heavy atom. The van der Waals surface area contributed by atoms with Crippen LogP contribution in [0.5, 0.6) is 0 Å². The average Bonchev–Trinajstić information content (AvgIpc) is 1.88. The molecule has 0 aromatic rings. The number of aldehydes is 1. The number of hydrogen-bond donors (Lipinski definition) is 0. The van der Waals surface area contributed by atoms with Gasteiger partial charge in [-0.05, 0) is 24.7 Å². The lowest BCUT2D eigenvalue weighted by Gasteiger charge is -2.28. The predicted molar refractivity (Wildman–Crippen MR) is 41.7 cm³/mol. The second-order valence-corrected chi connectivity index (χ2v) is 3.70. The maximum Gasteiger partial charge on any atom is 0.123 e. The highest BCUT2D eigenvalue weighted by molar-refractivity contribution is 5.54. The van der Waals surface area contributed by atoms with E-state index in [-0.39, 0.29) is 0 Å². The summed E-state index contributed by atoms with van der Waals surface area (Å²) in [7, 11) is 0. The largest absolute Gasteiger partial charge is 0.303 e. The molecule has 0 heterocycles. The van der Waals surface area contributed by atoms with E-state index in [1.165, 1.54) is 12.8 Å². The molecule has 1 heteroatoms. The van der Waals surface area contributed by atoms with Crippen LogP contribution in [-0.2, 0) is 4.79 Å². The molecule has 1 aliphatic rings. The SMILES string of the molecule is CC1CCC(C=O)C(C)C1. The Bertz CT molecular complexity index is 120. The Labute approximate surface area is 62.8 Å². The van der Waals surface area contributed by atoms with Crippen LogP contribution in [0.1, 0.15) is 33.1 Å². The van der Waals surface area contributed by atoms with Gasteiger partial charge in [-0.3, -0.25) is 0 Å². The van der Waals surface area contributed by atoms with Gasteiger partial charge in [-0.15, -0.1) is 0 Å². The number of carbonyl (C=O) groups excluding carboxylic acids is 1. The molecule has 0 bridgehead atoms. The Morgan fingerprint density at radius 2 is 2.00 bits per heavy atom. The average molecular weight is 140 g/mol. The summed E-state index contributed by atoms with van der Waals surface area (Å²) in [5, 5.41) is 0. The minimum Gasteiger partial charge on any atom is -0.303 e. The molecule has 10 heavy (non-hydrogen) atoms. The maximum atomic E-state index is 10.5. The van der Waals surface area contributed by atoms with Gasteiger partial charge in [0.25, 0.3) is 0 Å². The molecule has 1 nitrogen and oxygen atoms in total. The molecule has 1 saturated carbocycles. The van der Waals surface area contributed by atoms with Gasteiger partial charge in [0.2, 0.25) is 0 Å². The minimum atomic E-state index is 0.358. The molecule has 0 saturated heterocycles. The molecule has 0 aliphatic heterocycles. The summed E-state index contributed by atoms with van der Waals surface area (Å²) in [5.41, 5.74) is 0. The number of rotatable bonds is 1. The summed E-state index contributed by atoms with van der Waals surface area (Å²) < 4.78 is 0. The zero-order valence-corrected chi connectivity index (χ0v) is 6.84. The molecule has 0 aromatic carbocycles. The van der Waals surface area contributed by atoms with Crippen molar-refractivity contribution in [3.05, 3.63) is 0 Å². The Balaban J connectivity index is 2.43. The van der Waals surface area contributed by atoms with E-state index < -0.39 is 0 Å². The van der Waals surface area contributed by atoms with E-state index >= 15 is 0 Å². The predicted octanol–water partition coefficient (Wildman–Crippen LogP) is 2.26. The minimum absolute atomic E-state index is 0.358. The Kier molecular flexibility index (Phi) is 2.47. The lowest BCUT2D eigenvalue weighted by molar-refractivity contribution is -0.113. The smallest absolute Gasteiger partial charge is 0.123 e. The van der Waals surface area contributed by atoms with Gasteiger partial charge in [-0.25, -0.2) is 0 Å². The zero-order chi connectivity index (χ0) is 7.56. The second-order valence-electron chi connectivity index (χ2n) is 3.70. The van der Waals surface area contributed by atoms with Crippen molar-refractivity contribution in [3.8, 4) is 0 Å². The molecular weight excluding hydrogens is 124 g/mol. The van der Waals surface area contributed by atoms with Crippen molar-refractivity contribution in [1.82, 2.24) is 0 Å². The third-order valence-electron chi connectivity index (χ3n) is 2.67. The molecule has 3 atom stereocenters. The molecule has 0 aromatic heterocycles. The molecule has 3 unspecified atom stereocenters. The van der Waals surface area contributed by atoms with Crippen LogP contribution < -0.4 is 0 Å². The summed E-state index contributed by atoms with van der Waals surface area (Å²) in [6.45, 7) is 4.46. The van der Waals surface area contributed by atoms with Gasteiger partial charge < -0.3 is 4.79 Å². The molecule has 0 spiro atoms. The lowest BCUT2D eigenvalue weighted by Crippen LogP contribution is -2.22. The summed E-state index contributed by atoms with van der Waals surface area (Å²) in [4.78, 5) is 10.5. The monoisotopic (exact) mass is 140 g/mol. The normalized spacial score (nSPS) is 41.2. The van der Waals surface area contributed by atoms with Gasteiger partial charge in [-0.1, -0.05) is 20.3 Å². The van der Waals surface area contributed by atoms with Crippen molar-refractivity contribution in [1.29, 1.82) is 0 Å². The van der Waals surface area contributed by atoms with E-state index in [9.17, 15) is 4.79 Å². The first-order valence-corrected chi connectivity index (χ1v) is 4.19. The quantitative estimate of drug-likeness (QED) is 0.510. The van der Waals surface area contributed by atoms with E-state index in [0.29, 0.717) is 11.8 Å². The summed E-state index contributed by atoms with van der Waals surface area (Å²) in [6.07, 6.45) is 4.74. The van der Waals surface area contributed by atoms with Gasteiger partial charge in [0.1, 0.15) is 6.29 Å². The van der Waals surface area contributed by atoms with Crippen molar-refractivity contribution < 1.29 is 4.79 Å². The van der Waals surface area contributed by atoms with Crippen molar-refractivity contribution in [2.45, 2.75) is 33.1 Å². The summed E-state index contributed by atoms with van der Waals surface area (Å²) in [6, 6.07) is 0. The van der Waals surface area contributed by atoms with Crippen LogP contribution in [0, 0.1) is 17.8 Å². The van der Waals surface area contributed by atoms with Crippen LogP contribution >= 0.6 is 0 Å². The van der Waals surface area contributed by atoms with Crippen LogP contribution in [-0.4, -0.2) is 6.29 Å². The van der Waals surface area contributed by atoms with Crippen molar-refractivity contribution in [2.75, 3.05) is 0 Å². The maximum absolute atomic E-state index is 10.5. The molecule has 58 valence electrons. The topological polar surface area (TPSA) is 17.1 Å². The van der Waals surface area contributed by atoms with Gasteiger partial charge in [-0.2, -0.15) is 0 Å². The number of carbonyl (C=O) groups is 1. The van der Waals surface area contributed by atoms with E-state index in [4.69, 9.17) is 0 Å². The van der Waals surface area contributed by atoms with E-state index in [0.717, 1.165) is 18.6 Å². The highest BCUT2D eigenvalue weighted by Gasteiger charge is 2.24. The highest BCUT2D eigenvalue weighted by atomic mass is 16.1. The van der Waals surface area contributed by atoms with Crippen LogP contribution in [0.4, 0.5) is 0 Å². The lowest BCUT2D eigenvalue weighted by atomic mass is 9.76.